The molecule has 2 N–H and O–H groups in total. The van der Waals surface area contributed by atoms with Crippen LogP contribution in [0.4, 0.5) is 0 Å². The number of amides is 1. The van der Waals surface area contributed by atoms with Crippen molar-refractivity contribution in [2.24, 2.45) is 0 Å². The summed E-state index contributed by atoms with van der Waals surface area (Å²) in [5.74, 6) is -0.501. The van der Waals surface area contributed by atoms with E-state index in [0.29, 0.717) is 12.6 Å². The van der Waals surface area contributed by atoms with E-state index in [1.54, 1.807) is 7.11 Å². The summed E-state index contributed by atoms with van der Waals surface area (Å²) in [6, 6.07) is 8.11. The van der Waals surface area contributed by atoms with Crippen molar-refractivity contribution in [2.45, 2.75) is 25.4 Å². The van der Waals surface area contributed by atoms with Gasteiger partial charge in [0, 0.05) is 18.2 Å². The molecule has 0 atom stereocenters. The average molecular weight is 292 g/mol. The zero-order valence-corrected chi connectivity index (χ0v) is 12.0. The van der Waals surface area contributed by atoms with E-state index in [2.05, 4.69) is 10.2 Å². The van der Waals surface area contributed by atoms with E-state index in [9.17, 15) is 9.59 Å². The van der Waals surface area contributed by atoms with Crippen LogP contribution in [0.15, 0.2) is 24.3 Å². The van der Waals surface area contributed by atoms with E-state index in [1.807, 2.05) is 24.3 Å². The Balaban J connectivity index is 1.96. The molecule has 0 heterocycles. The van der Waals surface area contributed by atoms with Gasteiger partial charge in [-0.05, 0) is 18.9 Å². The van der Waals surface area contributed by atoms with Crippen molar-refractivity contribution in [3.63, 3.8) is 0 Å². The summed E-state index contributed by atoms with van der Waals surface area (Å²) in [7, 11) is 1.62. The van der Waals surface area contributed by atoms with Gasteiger partial charge in [-0.1, -0.05) is 18.2 Å². The van der Waals surface area contributed by atoms with Crippen LogP contribution in [0.2, 0.25) is 0 Å². The van der Waals surface area contributed by atoms with Crippen LogP contribution in [0.25, 0.3) is 0 Å². The Bertz CT molecular complexity index is 514. The fourth-order valence-corrected chi connectivity index (χ4v) is 2.22. The molecule has 6 heteroatoms. The number of nitrogens with one attached hydrogen (secondary N) is 1. The molecule has 21 heavy (non-hydrogen) atoms. The summed E-state index contributed by atoms with van der Waals surface area (Å²) < 4.78 is 5.33. The molecule has 2 rings (SSSR count). The van der Waals surface area contributed by atoms with Crippen molar-refractivity contribution < 1.29 is 19.4 Å². The molecule has 1 aromatic rings. The third-order valence-electron chi connectivity index (χ3n) is 3.41. The molecule has 0 aromatic heterocycles. The van der Waals surface area contributed by atoms with Crippen LogP contribution in [-0.4, -0.2) is 48.1 Å². The van der Waals surface area contributed by atoms with E-state index in [4.69, 9.17) is 9.84 Å². The maximum Gasteiger partial charge on any atom is 0.322 e. The summed E-state index contributed by atoms with van der Waals surface area (Å²) in [6.45, 7) is 0.483. The van der Waals surface area contributed by atoms with Gasteiger partial charge >= 0.3 is 5.97 Å². The van der Waals surface area contributed by atoms with Gasteiger partial charge in [-0.25, -0.2) is 0 Å². The predicted octanol–water partition coefficient (Wildman–Crippen LogP) is 0.860. The standard InChI is InChI=1S/C15H20N2O4/c1-21-13-5-3-2-4-11(13)9-17(12-6-7-12)10-14(18)16-8-15(19)20/h2-5,12H,6-10H2,1H3,(H,16,18)(H,19,20). The van der Waals surface area contributed by atoms with Crippen LogP contribution >= 0.6 is 0 Å². The summed E-state index contributed by atoms with van der Waals surface area (Å²) in [5.41, 5.74) is 1.03. The van der Waals surface area contributed by atoms with Gasteiger partial charge in [0.2, 0.25) is 5.91 Å². The topological polar surface area (TPSA) is 78.9 Å². The smallest absolute Gasteiger partial charge is 0.322 e. The highest BCUT2D eigenvalue weighted by molar-refractivity contribution is 5.82. The van der Waals surface area contributed by atoms with E-state index in [0.717, 1.165) is 24.2 Å². The second kappa shape index (κ2) is 7.08. The van der Waals surface area contributed by atoms with Crippen LogP contribution in [0.3, 0.4) is 0 Å². The maximum absolute atomic E-state index is 11.8. The van der Waals surface area contributed by atoms with Crippen molar-refractivity contribution in [2.75, 3.05) is 20.2 Å². The largest absolute Gasteiger partial charge is 0.496 e. The Hall–Kier alpha value is -2.08. The molecule has 0 bridgehead atoms. The van der Waals surface area contributed by atoms with Crippen molar-refractivity contribution in [1.82, 2.24) is 10.2 Å². The number of hydrogen-bond acceptors (Lipinski definition) is 4. The first kappa shape index (κ1) is 15.3. The number of hydrogen-bond donors (Lipinski definition) is 2. The molecule has 114 valence electrons. The molecule has 0 spiro atoms. The molecule has 1 saturated carbocycles. The number of ether oxygens (including phenoxy) is 1. The quantitative estimate of drug-likeness (QED) is 0.743. The minimum absolute atomic E-state index is 0.204. The Kier molecular flexibility index (Phi) is 5.16. The first-order valence-corrected chi connectivity index (χ1v) is 6.94. The van der Waals surface area contributed by atoms with Crippen molar-refractivity contribution >= 4 is 11.9 Å². The fraction of sp³-hybridized carbons (Fsp3) is 0.467. The number of carboxylic acids is 1. The highest BCUT2D eigenvalue weighted by atomic mass is 16.5. The minimum atomic E-state index is -1.04. The van der Waals surface area contributed by atoms with Gasteiger partial charge in [-0.2, -0.15) is 0 Å². The SMILES string of the molecule is COc1ccccc1CN(CC(=O)NCC(=O)O)C1CC1. The lowest BCUT2D eigenvalue weighted by Crippen LogP contribution is -2.40. The molecule has 0 unspecified atom stereocenters. The summed E-state index contributed by atoms with van der Waals surface area (Å²) >= 11 is 0. The molecular formula is C15H20N2O4. The lowest BCUT2D eigenvalue weighted by atomic mass is 10.2. The van der Waals surface area contributed by atoms with E-state index >= 15 is 0 Å². The third kappa shape index (κ3) is 4.75. The third-order valence-corrected chi connectivity index (χ3v) is 3.41. The number of carboxylic acid groups (broad SMARTS) is 1. The van der Waals surface area contributed by atoms with Gasteiger partial charge < -0.3 is 15.2 Å². The normalized spacial score (nSPS) is 14.0. The summed E-state index contributed by atoms with van der Waals surface area (Å²) in [4.78, 5) is 24.3. The summed E-state index contributed by atoms with van der Waals surface area (Å²) in [6.07, 6.45) is 2.14. The average Bonchev–Trinajstić information content (AvgIpc) is 3.29. The molecule has 1 aromatic carbocycles. The molecule has 1 aliphatic carbocycles. The lowest BCUT2D eigenvalue weighted by Gasteiger charge is -2.22. The Morgan fingerprint density at radius 1 is 1.38 bits per heavy atom. The number of methoxy groups -OCH3 is 1. The minimum Gasteiger partial charge on any atom is -0.496 e. The molecule has 0 radical (unpaired) electrons. The Morgan fingerprint density at radius 2 is 2.10 bits per heavy atom. The number of aliphatic carboxylic acids is 1. The van der Waals surface area contributed by atoms with E-state index in [-0.39, 0.29) is 19.0 Å². The number of para-hydroxylation sites is 1. The number of rotatable bonds is 8. The molecule has 6 nitrogen and oxygen atoms in total. The first-order chi connectivity index (χ1) is 10.1. The molecule has 0 aliphatic heterocycles. The van der Waals surface area contributed by atoms with Crippen LogP contribution < -0.4 is 10.1 Å². The molecule has 0 saturated heterocycles. The van der Waals surface area contributed by atoms with Gasteiger partial charge in [-0.3, -0.25) is 14.5 Å². The number of carbonyl (C=O) groups excluding carboxylic acids is 1. The second-order valence-electron chi connectivity index (χ2n) is 5.12. The molecular weight excluding hydrogens is 272 g/mol. The van der Waals surface area contributed by atoms with Gasteiger partial charge in [0.1, 0.15) is 12.3 Å². The summed E-state index contributed by atoms with van der Waals surface area (Å²) in [5, 5.41) is 11.0. The van der Waals surface area contributed by atoms with Crippen molar-refractivity contribution in [3.05, 3.63) is 29.8 Å². The highest BCUT2D eigenvalue weighted by Gasteiger charge is 2.30. The predicted molar refractivity (Wildman–Crippen MR) is 77.1 cm³/mol. The van der Waals surface area contributed by atoms with Crippen molar-refractivity contribution in [1.29, 1.82) is 0 Å². The number of benzene rings is 1. The zero-order valence-electron chi connectivity index (χ0n) is 12.0. The van der Waals surface area contributed by atoms with Gasteiger partial charge in [-0.15, -0.1) is 0 Å². The van der Waals surface area contributed by atoms with E-state index < -0.39 is 5.97 Å². The van der Waals surface area contributed by atoms with Gasteiger partial charge in [0.25, 0.3) is 0 Å². The van der Waals surface area contributed by atoms with Gasteiger partial charge in [0.05, 0.1) is 13.7 Å². The Labute approximate surface area is 123 Å². The van der Waals surface area contributed by atoms with Crippen molar-refractivity contribution in [3.8, 4) is 5.75 Å². The second-order valence-corrected chi connectivity index (χ2v) is 5.12. The monoisotopic (exact) mass is 292 g/mol. The maximum atomic E-state index is 11.8. The van der Waals surface area contributed by atoms with Crippen LogP contribution in [0, 0.1) is 0 Å². The van der Waals surface area contributed by atoms with Gasteiger partial charge in [0.15, 0.2) is 0 Å². The first-order valence-electron chi connectivity index (χ1n) is 6.94. The van der Waals surface area contributed by atoms with Crippen LogP contribution in [0.5, 0.6) is 5.75 Å². The van der Waals surface area contributed by atoms with E-state index in [1.165, 1.54) is 0 Å². The van der Waals surface area contributed by atoms with Crippen LogP contribution in [-0.2, 0) is 16.1 Å². The molecule has 1 fully saturated rings. The highest BCUT2D eigenvalue weighted by Crippen LogP contribution is 2.29. The number of nitrogens with zero attached hydrogens (tertiary/aromatic N) is 1. The fourth-order valence-electron chi connectivity index (χ4n) is 2.22. The Morgan fingerprint density at radius 3 is 2.71 bits per heavy atom. The molecule has 1 aliphatic rings. The lowest BCUT2D eigenvalue weighted by molar-refractivity contribution is -0.138. The molecule has 1 amide bonds. The zero-order chi connectivity index (χ0) is 15.2. The number of carbonyl (C=O) groups is 2. The van der Waals surface area contributed by atoms with Crippen LogP contribution in [0.1, 0.15) is 18.4 Å².